The van der Waals surface area contributed by atoms with Gasteiger partial charge < -0.3 is 9.47 Å². The minimum absolute atomic E-state index is 0.0929. The fourth-order valence-corrected chi connectivity index (χ4v) is 2.54. The molecule has 0 bridgehead atoms. The van der Waals surface area contributed by atoms with Crippen molar-refractivity contribution in [3.63, 3.8) is 0 Å². The summed E-state index contributed by atoms with van der Waals surface area (Å²) in [4.78, 5) is 4.32. The highest BCUT2D eigenvalue weighted by Gasteiger charge is 2.18. The first-order chi connectivity index (χ1) is 12.2. The van der Waals surface area contributed by atoms with Crippen LogP contribution < -0.4 is 0 Å². The van der Waals surface area contributed by atoms with E-state index in [2.05, 4.69) is 22.9 Å². The van der Waals surface area contributed by atoms with E-state index in [0.717, 1.165) is 5.56 Å². The topological polar surface area (TPSA) is 31.4 Å². The SMILES string of the molecule is CC=CC1COC(C#Cc2ccc(-c3ccc(Cl)c(F)c3)nc2)OC1. The summed E-state index contributed by atoms with van der Waals surface area (Å²) in [7, 11) is 0. The van der Waals surface area contributed by atoms with Gasteiger partial charge in [0.25, 0.3) is 0 Å². The van der Waals surface area contributed by atoms with Crippen LogP contribution in [-0.4, -0.2) is 24.5 Å². The van der Waals surface area contributed by atoms with Crippen LogP contribution in [0.3, 0.4) is 0 Å². The molecule has 0 amide bonds. The second kappa shape index (κ2) is 8.26. The minimum atomic E-state index is -0.522. The average Bonchev–Trinajstić information content (AvgIpc) is 2.64. The van der Waals surface area contributed by atoms with Gasteiger partial charge in [-0.1, -0.05) is 35.7 Å². The monoisotopic (exact) mass is 357 g/mol. The Morgan fingerprint density at radius 1 is 1.24 bits per heavy atom. The van der Waals surface area contributed by atoms with Crippen molar-refractivity contribution >= 4 is 11.6 Å². The highest BCUT2D eigenvalue weighted by atomic mass is 35.5. The highest BCUT2D eigenvalue weighted by Crippen LogP contribution is 2.22. The summed E-state index contributed by atoms with van der Waals surface area (Å²) in [6.45, 7) is 3.17. The lowest BCUT2D eigenvalue weighted by molar-refractivity contribution is -0.160. The number of allylic oxidation sites excluding steroid dienone is 1. The second-order valence-electron chi connectivity index (χ2n) is 5.61. The number of pyridine rings is 1. The molecule has 1 fully saturated rings. The molecular weight excluding hydrogens is 341 g/mol. The summed E-state index contributed by atoms with van der Waals surface area (Å²) in [5.74, 6) is 5.74. The van der Waals surface area contributed by atoms with Gasteiger partial charge in [0.15, 0.2) is 0 Å². The molecule has 0 saturated carbocycles. The fraction of sp³-hybridized carbons (Fsp3) is 0.250. The molecule has 128 valence electrons. The number of hydrogen-bond acceptors (Lipinski definition) is 3. The lowest BCUT2D eigenvalue weighted by Gasteiger charge is -2.24. The molecule has 0 spiro atoms. The van der Waals surface area contributed by atoms with Crippen LogP contribution in [-0.2, 0) is 9.47 Å². The predicted octanol–water partition coefficient (Wildman–Crippen LogP) is 4.46. The minimum Gasteiger partial charge on any atom is -0.341 e. The van der Waals surface area contributed by atoms with Gasteiger partial charge in [-0.3, -0.25) is 4.98 Å². The summed E-state index contributed by atoms with van der Waals surface area (Å²) in [6, 6.07) is 8.22. The molecule has 1 saturated heterocycles. The van der Waals surface area contributed by atoms with E-state index in [1.807, 2.05) is 19.1 Å². The van der Waals surface area contributed by atoms with Crippen molar-refractivity contribution < 1.29 is 13.9 Å². The van der Waals surface area contributed by atoms with E-state index in [1.165, 1.54) is 12.1 Å². The third-order valence-corrected chi connectivity index (χ3v) is 4.01. The van der Waals surface area contributed by atoms with Gasteiger partial charge in [0.1, 0.15) is 5.82 Å². The number of aromatic nitrogens is 1. The smallest absolute Gasteiger partial charge is 0.222 e. The predicted molar refractivity (Wildman–Crippen MR) is 95.5 cm³/mol. The lowest BCUT2D eigenvalue weighted by atomic mass is 10.1. The van der Waals surface area contributed by atoms with Crippen LogP contribution >= 0.6 is 11.6 Å². The van der Waals surface area contributed by atoms with Crippen molar-refractivity contribution in [3.8, 4) is 23.1 Å². The molecule has 1 aliphatic heterocycles. The van der Waals surface area contributed by atoms with E-state index >= 15 is 0 Å². The second-order valence-corrected chi connectivity index (χ2v) is 6.02. The molecule has 1 aromatic heterocycles. The van der Waals surface area contributed by atoms with E-state index in [1.54, 1.807) is 18.3 Å². The summed E-state index contributed by atoms with van der Waals surface area (Å²) >= 11 is 5.69. The number of ether oxygens (including phenoxy) is 2. The van der Waals surface area contributed by atoms with Crippen LogP contribution in [0.2, 0.25) is 5.02 Å². The maximum absolute atomic E-state index is 13.5. The third kappa shape index (κ3) is 4.67. The number of rotatable bonds is 2. The van der Waals surface area contributed by atoms with Gasteiger partial charge in [0.05, 0.1) is 23.9 Å². The molecule has 0 atom stereocenters. The van der Waals surface area contributed by atoms with Crippen molar-refractivity contribution in [3.05, 3.63) is 65.1 Å². The van der Waals surface area contributed by atoms with Crippen LogP contribution in [0.4, 0.5) is 4.39 Å². The number of halogens is 2. The molecule has 3 rings (SSSR count). The Hall–Kier alpha value is -2.19. The van der Waals surface area contributed by atoms with E-state index in [0.29, 0.717) is 24.5 Å². The molecule has 5 heteroatoms. The van der Waals surface area contributed by atoms with Gasteiger partial charge in [-0.25, -0.2) is 4.39 Å². The van der Waals surface area contributed by atoms with Crippen molar-refractivity contribution in [1.29, 1.82) is 0 Å². The number of nitrogens with zero attached hydrogens (tertiary/aromatic N) is 1. The van der Waals surface area contributed by atoms with Gasteiger partial charge in [0.2, 0.25) is 6.29 Å². The average molecular weight is 358 g/mol. The normalized spacial score (nSPS) is 20.3. The van der Waals surface area contributed by atoms with Crippen LogP contribution in [0.15, 0.2) is 48.7 Å². The molecule has 1 aliphatic rings. The Morgan fingerprint density at radius 3 is 2.68 bits per heavy atom. The quantitative estimate of drug-likeness (QED) is 0.587. The molecular formula is C20H17ClFNO2. The molecule has 2 aromatic rings. The first kappa shape index (κ1) is 17.6. The first-order valence-electron chi connectivity index (χ1n) is 7.95. The zero-order chi connectivity index (χ0) is 17.6. The number of hydrogen-bond donors (Lipinski definition) is 0. The Bertz CT molecular complexity index is 816. The zero-order valence-electron chi connectivity index (χ0n) is 13.7. The van der Waals surface area contributed by atoms with Gasteiger partial charge in [0, 0.05) is 23.2 Å². The fourth-order valence-electron chi connectivity index (χ4n) is 2.42. The lowest BCUT2D eigenvalue weighted by Crippen LogP contribution is -2.30. The molecule has 3 nitrogen and oxygen atoms in total. The van der Waals surface area contributed by atoms with Crippen molar-refractivity contribution in [2.75, 3.05) is 13.2 Å². The highest BCUT2D eigenvalue weighted by molar-refractivity contribution is 6.30. The van der Waals surface area contributed by atoms with Crippen molar-refractivity contribution in [2.24, 2.45) is 5.92 Å². The van der Waals surface area contributed by atoms with Crippen molar-refractivity contribution in [1.82, 2.24) is 4.98 Å². The molecule has 0 radical (unpaired) electrons. The van der Waals surface area contributed by atoms with Crippen LogP contribution in [0.5, 0.6) is 0 Å². The summed E-state index contributed by atoms with van der Waals surface area (Å²) in [6.07, 6.45) is 5.17. The molecule has 1 aromatic carbocycles. The van der Waals surface area contributed by atoms with E-state index in [-0.39, 0.29) is 10.9 Å². The maximum atomic E-state index is 13.5. The van der Waals surface area contributed by atoms with Crippen LogP contribution in [0.1, 0.15) is 12.5 Å². The van der Waals surface area contributed by atoms with Gasteiger partial charge in [-0.05, 0) is 37.1 Å². The summed E-state index contributed by atoms with van der Waals surface area (Å²) in [5, 5.41) is 0.0929. The van der Waals surface area contributed by atoms with E-state index in [9.17, 15) is 4.39 Å². The Labute approximate surface area is 151 Å². The summed E-state index contributed by atoms with van der Waals surface area (Å²) < 4.78 is 24.7. The van der Waals surface area contributed by atoms with Gasteiger partial charge >= 0.3 is 0 Å². The third-order valence-electron chi connectivity index (χ3n) is 3.70. The van der Waals surface area contributed by atoms with E-state index < -0.39 is 12.1 Å². The van der Waals surface area contributed by atoms with E-state index in [4.69, 9.17) is 21.1 Å². The zero-order valence-corrected chi connectivity index (χ0v) is 14.5. The van der Waals surface area contributed by atoms with Crippen molar-refractivity contribution in [2.45, 2.75) is 13.2 Å². The molecule has 2 heterocycles. The molecule has 0 N–H and O–H groups in total. The summed E-state index contributed by atoms with van der Waals surface area (Å²) in [5.41, 5.74) is 2.05. The molecule has 25 heavy (non-hydrogen) atoms. The van der Waals surface area contributed by atoms with Crippen LogP contribution in [0.25, 0.3) is 11.3 Å². The Balaban J connectivity index is 1.65. The first-order valence-corrected chi connectivity index (χ1v) is 8.32. The van der Waals surface area contributed by atoms with Crippen LogP contribution in [0, 0.1) is 23.6 Å². The Morgan fingerprint density at radius 2 is 2.04 bits per heavy atom. The largest absolute Gasteiger partial charge is 0.341 e. The Kier molecular flexibility index (Phi) is 5.83. The molecule has 0 aliphatic carbocycles. The number of benzene rings is 1. The molecule has 0 unspecified atom stereocenters. The van der Waals surface area contributed by atoms with Gasteiger partial charge in [-0.2, -0.15) is 0 Å². The maximum Gasteiger partial charge on any atom is 0.222 e. The van der Waals surface area contributed by atoms with Gasteiger partial charge in [-0.15, -0.1) is 0 Å². The standard InChI is InChI=1S/C20H17ClFNO2/c1-2-3-15-12-24-20(25-13-15)9-5-14-4-8-19(23-11-14)16-6-7-17(21)18(22)10-16/h2-4,6-8,10-11,15,20H,12-13H2,1H3.